The second kappa shape index (κ2) is 3.58. The molecule has 84 valence electrons. The minimum Gasteiger partial charge on any atom is -0.367 e. The lowest BCUT2D eigenvalue weighted by molar-refractivity contribution is -0.126. The summed E-state index contributed by atoms with van der Waals surface area (Å²) in [5, 5.41) is 0. The molecule has 2 unspecified atom stereocenters. The second-order valence-electron chi connectivity index (χ2n) is 4.73. The number of Topliss-reactive ketones (excluding diaryl/α,β-unsaturated/α-hetero) is 1. The molecule has 0 spiro atoms. The van der Waals surface area contributed by atoms with E-state index < -0.39 is 0 Å². The smallest absolute Gasteiger partial charge is 0.139 e. The highest BCUT2D eigenvalue weighted by Crippen LogP contribution is 2.35. The van der Waals surface area contributed by atoms with Crippen molar-refractivity contribution < 1.29 is 9.18 Å². The van der Waals surface area contributed by atoms with Crippen molar-refractivity contribution in [1.82, 2.24) is 0 Å². The van der Waals surface area contributed by atoms with Crippen molar-refractivity contribution in [2.75, 3.05) is 11.4 Å². The number of hydrogen-bond donors (Lipinski definition) is 0. The van der Waals surface area contributed by atoms with Gasteiger partial charge in [-0.05, 0) is 37.1 Å². The zero-order chi connectivity index (χ0) is 11.1. The highest BCUT2D eigenvalue weighted by atomic mass is 19.1. The number of piperidine rings is 2. The van der Waals surface area contributed by atoms with Crippen LogP contribution in [0.4, 0.5) is 10.1 Å². The molecule has 2 heterocycles. The van der Waals surface area contributed by atoms with Crippen LogP contribution in [0.3, 0.4) is 0 Å². The molecule has 2 bridgehead atoms. The molecule has 4 rings (SSSR count). The predicted molar refractivity (Wildman–Crippen MR) is 59.9 cm³/mol. The van der Waals surface area contributed by atoms with E-state index in [2.05, 4.69) is 4.90 Å². The standard InChI is InChI=1S/C13H14FNO/c14-10-2-5-11(6-3-10)15-8-9-1-4-12(15)7-13(9)16/h2-3,5-6,9,12H,1,4,7-8H2. The van der Waals surface area contributed by atoms with E-state index in [1.807, 2.05) is 0 Å². The summed E-state index contributed by atoms with van der Waals surface area (Å²) in [6.45, 7) is 0.815. The fraction of sp³-hybridized carbons (Fsp3) is 0.462. The summed E-state index contributed by atoms with van der Waals surface area (Å²) in [5.41, 5.74) is 1.05. The summed E-state index contributed by atoms with van der Waals surface area (Å²) < 4.78 is 12.8. The van der Waals surface area contributed by atoms with Gasteiger partial charge in [-0.1, -0.05) is 0 Å². The molecule has 2 aliphatic heterocycles. The second-order valence-corrected chi connectivity index (χ2v) is 4.73. The Kier molecular flexibility index (Phi) is 2.20. The van der Waals surface area contributed by atoms with Gasteiger partial charge in [0.1, 0.15) is 11.6 Å². The Hall–Kier alpha value is -1.38. The molecule has 1 aromatic rings. The third kappa shape index (κ3) is 1.51. The van der Waals surface area contributed by atoms with Crippen molar-refractivity contribution >= 4 is 11.5 Å². The molecule has 1 aliphatic carbocycles. The fourth-order valence-electron chi connectivity index (χ4n) is 2.85. The van der Waals surface area contributed by atoms with Gasteiger partial charge in [0.2, 0.25) is 0 Å². The molecule has 3 heteroatoms. The number of benzene rings is 1. The molecule has 3 fully saturated rings. The molecule has 0 amide bonds. The molecule has 2 nitrogen and oxygen atoms in total. The number of rotatable bonds is 1. The average molecular weight is 219 g/mol. The van der Waals surface area contributed by atoms with E-state index in [0.29, 0.717) is 18.2 Å². The van der Waals surface area contributed by atoms with E-state index in [4.69, 9.17) is 0 Å². The fourth-order valence-corrected chi connectivity index (χ4v) is 2.85. The third-order valence-electron chi connectivity index (χ3n) is 3.76. The third-order valence-corrected chi connectivity index (χ3v) is 3.76. The van der Waals surface area contributed by atoms with Crippen LogP contribution in [0.25, 0.3) is 0 Å². The normalized spacial score (nSPS) is 28.6. The van der Waals surface area contributed by atoms with Crippen molar-refractivity contribution in [2.24, 2.45) is 5.92 Å². The number of halogens is 1. The van der Waals surface area contributed by atoms with Crippen molar-refractivity contribution in [3.8, 4) is 0 Å². The van der Waals surface area contributed by atoms with Crippen LogP contribution >= 0.6 is 0 Å². The van der Waals surface area contributed by atoms with Crippen LogP contribution in [0, 0.1) is 11.7 Å². The Morgan fingerprint density at radius 2 is 1.94 bits per heavy atom. The molecule has 16 heavy (non-hydrogen) atoms. The van der Waals surface area contributed by atoms with Gasteiger partial charge in [-0.25, -0.2) is 4.39 Å². The van der Waals surface area contributed by atoms with Crippen LogP contribution in [-0.4, -0.2) is 18.4 Å². The van der Waals surface area contributed by atoms with Crippen molar-refractivity contribution in [3.63, 3.8) is 0 Å². The van der Waals surface area contributed by atoms with Crippen LogP contribution in [0.1, 0.15) is 19.3 Å². The summed E-state index contributed by atoms with van der Waals surface area (Å²) in [4.78, 5) is 13.9. The topological polar surface area (TPSA) is 20.3 Å². The number of carbonyl (C=O) groups is 1. The van der Waals surface area contributed by atoms with Gasteiger partial charge in [-0.3, -0.25) is 4.79 Å². The molecule has 0 aromatic heterocycles. The minimum absolute atomic E-state index is 0.204. The van der Waals surface area contributed by atoms with Crippen LogP contribution in [0.5, 0.6) is 0 Å². The first kappa shape index (κ1) is 9.82. The molecule has 3 aliphatic rings. The van der Waals surface area contributed by atoms with Gasteiger partial charge in [0.15, 0.2) is 0 Å². The Bertz CT molecular complexity index is 414. The maximum Gasteiger partial charge on any atom is 0.139 e. The van der Waals surface area contributed by atoms with E-state index in [1.54, 1.807) is 12.1 Å². The molecular formula is C13H14FNO. The number of hydrogen-bond acceptors (Lipinski definition) is 2. The molecule has 0 radical (unpaired) electrons. The molecule has 1 saturated carbocycles. The van der Waals surface area contributed by atoms with Gasteiger partial charge in [0.25, 0.3) is 0 Å². The number of ketones is 1. The zero-order valence-electron chi connectivity index (χ0n) is 9.03. The van der Waals surface area contributed by atoms with Gasteiger partial charge in [0.05, 0.1) is 0 Å². The lowest BCUT2D eigenvalue weighted by atomic mass is 9.78. The summed E-state index contributed by atoms with van der Waals surface area (Å²) in [6, 6.07) is 6.92. The molecular weight excluding hydrogens is 205 g/mol. The molecule has 2 atom stereocenters. The van der Waals surface area contributed by atoms with Crippen molar-refractivity contribution in [2.45, 2.75) is 25.3 Å². The maximum atomic E-state index is 12.8. The Morgan fingerprint density at radius 3 is 2.50 bits per heavy atom. The van der Waals surface area contributed by atoms with E-state index >= 15 is 0 Å². The lowest BCUT2D eigenvalue weighted by Crippen LogP contribution is -2.52. The lowest BCUT2D eigenvalue weighted by Gasteiger charge is -2.45. The van der Waals surface area contributed by atoms with Gasteiger partial charge in [-0.15, -0.1) is 0 Å². The Balaban J connectivity index is 1.86. The Labute approximate surface area is 94.1 Å². The van der Waals surface area contributed by atoms with Crippen LogP contribution < -0.4 is 4.90 Å². The first-order valence-electron chi connectivity index (χ1n) is 5.79. The number of fused-ring (bicyclic) bond motifs is 3. The average Bonchev–Trinajstić information content (AvgIpc) is 2.31. The van der Waals surface area contributed by atoms with Gasteiger partial charge in [0, 0.05) is 30.6 Å². The van der Waals surface area contributed by atoms with Gasteiger partial charge < -0.3 is 4.90 Å². The van der Waals surface area contributed by atoms with Crippen molar-refractivity contribution in [1.29, 1.82) is 0 Å². The largest absolute Gasteiger partial charge is 0.367 e. The first-order valence-corrected chi connectivity index (χ1v) is 5.79. The van der Waals surface area contributed by atoms with E-state index in [1.165, 1.54) is 12.1 Å². The summed E-state index contributed by atoms with van der Waals surface area (Å²) in [5.74, 6) is 0.409. The first-order chi connectivity index (χ1) is 7.74. The quantitative estimate of drug-likeness (QED) is 0.722. The molecule has 2 saturated heterocycles. The van der Waals surface area contributed by atoms with Gasteiger partial charge in [-0.2, -0.15) is 0 Å². The SMILES string of the molecule is O=C1CC2CCC1CN2c1ccc(F)cc1. The zero-order valence-corrected chi connectivity index (χ0v) is 9.03. The van der Waals surface area contributed by atoms with Crippen LogP contribution in [0.2, 0.25) is 0 Å². The van der Waals surface area contributed by atoms with Crippen molar-refractivity contribution in [3.05, 3.63) is 30.1 Å². The number of anilines is 1. The Morgan fingerprint density at radius 1 is 1.19 bits per heavy atom. The number of nitrogens with zero attached hydrogens (tertiary/aromatic N) is 1. The highest BCUT2D eigenvalue weighted by Gasteiger charge is 2.39. The molecule has 1 aromatic carbocycles. The van der Waals surface area contributed by atoms with E-state index in [0.717, 1.165) is 25.1 Å². The molecule has 0 N–H and O–H groups in total. The highest BCUT2D eigenvalue weighted by molar-refractivity contribution is 5.85. The summed E-state index contributed by atoms with van der Waals surface area (Å²) in [6.07, 6.45) is 2.79. The van der Waals surface area contributed by atoms with Crippen LogP contribution in [0.15, 0.2) is 24.3 Å². The van der Waals surface area contributed by atoms with Crippen LogP contribution in [-0.2, 0) is 4.79 Å². The van der Waals surface area contributed by atoms with Gasteiger partial charge >= 0.3 is 0 Å². The predicted octanol–water partition coefficient (Wildman–Crippen LogP) is 2.38. The summed E-state index contributed by atoms with van der Waals surface area (Å²) >= 11 is 0. The summed E-state index contributed by atoms with van der Waals surface area (Å²) in [7, 11) is 0. The minimum atomic E-state index is -0.206. The van der Waals surface area contributed by atoms with E-state index in [9.17, 15) is 9.18 Å². The number of carbonyl (C=O) groups excluding carboxylic acids is 1. The van der Waals surface area contributed by atoms with E-state index in [-0.39, 0.29) is 11.7 Å². The maximum absolute atomic E-state index is 12.8. The monoisotopic (exact) mass is 219 g/mol.